The number of hydrogen-bond acceptors (Lipinski definition) is 9. The number of fused-ring (bicyclic) bond motifs is 2. The van der Waals surface area contributed by atoms with Gasteiger partial charge < -0.3 is 18.7 Å². The van der Waals surface area contributed by atoms with Crippen LogP contribution in [-0.4, -0.2) is 74.1 Å². The molecule has 224 valence electrons. The van der Waals surface area contributed by atoms with Crippen molar-refractivity contribution in [2.24, 2.45) is 0 Å². The minimum Gasteiger partial charge on any atom is -0.467 e. The highest BCUT2D eigenvalue weighted by Gasteiger charge is 2.49. The highest BCUT2D eigenvalue weighted by molar-refractivity contribution is 7.99. The number of likely N-dealkylation sites (tertiary alicyclic amines) is 1. The van der Waals surface area contributed by atoms with E-state index in [1.165, 1.54) is 39.1 Å². The first-order chi connectivity index (χ1) is 19.3. The molecule has 0 aliphatic carbocycles. The van der Waals surface area contributed by atoms with Gasteiger partial charge in [-0.15, -0.1) is 0 Å². The largest absolute Gasteiger partial charge is 0.534 e. The van der Waals surface area contributed by atoms with Crippen molar-refractivity contribution in [2.75, 3.05) is 44.9 Å². The van der Waals surface area contributed by atoms with Gasteiger partial charge in [0.15, 0.2) is 0 Å². The monoisotopic (exact) mass is 636 g/mol. The number of ether oxygens (including phenoxy) is 1. The van der Waals surface area contributed by atoms with Crippen molar-refractivity contribution in [3.63, 3.8) is 0 Å². The van der Waals surface area contributed by atoms with Crippen molar-refractivity contribution in [1.29, 1.82) is 0 Å². The summed E-state index contributed by atoms with van der Waals surface area (Å²) in [5.74, 6) is -1.34. The Morgan fingerprint density at radius 3 is 2.54 bits per heavy atom. The Balaban J connectivity index is 0.000000367. The lowest BCUT2D eigenvalue weighted by Gasteiger charge is -2.31. The molecule has 3 aromatic rings. The maximum atomic E-state index is 14.1. The van der Waals surface area contributed by atoms with Crippen molar-refractivity contribution < 1.29 is 34.9 Å². The van der Waals surface area contributed by atoms with E-state index in [0.29, 0.717) is 16.5 Å². The van der Waals surface area contributed by atoms with Gasteiger partial charge in [-0.05, 0) is 56.6 Å². The molecule has 2 aliphatic rings. The topological polar surface area (TPSA) is 84.9 Å². The highest BCUT2D eigenvalue weighted by Crippen LogP contribution is 2.38. The van der Waals surface area contributed by atoms with Crippen LogP contribution in [0.25, 0.3) is 10.8 Å². The van der Waals surface area contributed by atoms with Gasteiger partial charge in [0.25, 0.3) is 0 Å². The Hall–Kier alpha value is -2.55. The number of anilines is 1. The zero-order chi connectivity index (χ0) is 29.9. The third-order valence-electron chi connectivity index (χ3n) is 6.83. The molecular formula is C26H29ClF4N4O4S2. The first-order valence-electron chi connectivity index (χ1n) is 12.6. The maximum absolute atomic E-state index is 14.1. The fourth-order valence-electron chi connectivity index (χ4n) is 4.76. The minimum atomic E-state index is -5.93. The molecule has 0 radical (unpaired) electrons. The second-order valence-electron chi connectivity index (χ2n) is 9.59. The molecule has 1 fully saturated rings. The second kappa shape index (κ2) is 12.8. The molecule has 0 N–H and O–H groups in total. The van der Waals surface area contributed by atoms with Gasteiger partial charge in [0.05, 0.1) is 24.4 Å². The SMILES string of the molecule is COc1nc2c(c(OS(=O)(=O)C(F)(F)F)n1)CCN(c1cccc3ccc(F)c(Cl)c13)C2.CSC1CCCN(C)C1. The molecule has 5 rings (SSSR count). The zero-order valence-corrected chi connectivity index (χ0v) is 24.9. The van der Waals surface area contributed by atoms with Crippen molar-refractivity contribution in [3.8, 4) is 11.9 Å². The smallest absolute Gasteiger partial charge is 0.467 e. The summed E-state index contributed by atoms with van der Waals surface area (Å²) in [6, 6.07) is 7.72. The van der Waals surface area contributed by atoms with Crippen LogP contribution in [0.2, 0.25) is 5.02 Å². The molecule has 15 heteroatoms. The molecule has 2 aromatic carbocycles. The number of benzene rings is 2. The summed E-state index contributed by atoms with van der Waals surface area (Å²) in [4.78, 5) is 12.0. The zero-order valence-electron chi connectivity index (χ0n) is 22.5. The molecule has 41 heavy (non-hydrogen) atoms. The molecule has 8 nitrogen and oxygen atoms in total. The summed E-state index contributed by atoms with van der Waals surface area (Å²) in [6.45, 7) is 2.87. The van der Waals surface area contributed by atoms with E-state index >= 15 is 0 Å². The van der Waals surface area contributed by atoms with E-state index in [0.717, 1.165) is 5.25 Å². The molecule has 3 heterocycles. The second-order valence-corrected chi connectivity index (χ2v) is 12.6. The van der Waals surface area contributed by atoms with Gasteiger partial charge in [0, 0.05) is 35.0 Å². The van der Waals surface area contributed by atoms with E-state index in [4.69, 9.17) is 16.3 Å². The number of aromatic nitrogens is 2. The highest BCUT2D eigenvalue weighted by atomic mass is 35.5. The lowest BCUT2D eigenvalue weighted by molar-refractivity contribution is -0.0501. The summed E-state index contributed by atoms with van der Waals surface area (Å²) in [5, 5.41) is 2.00. The van der Waals surface area contributed by atoms with Crippen LogP contribution in [0, 0.1) is 5.82 Å². The van der Waals surface area contributed by atoms with Crippen LogP contribution in [0.4, 0.5) is 23.2 Å². The van der Waals surface area contributed by atoms with Gasteiger partial charge in [0.1, 0.15) is 5.82 Å². The summed E-state index contributed by atoms with van der Waals surface area (Å²) < 4.78 is 84.7. The Morgan fingerprint density at radius 1 is 1.15 bits per heavy atom. The third-order valence-corrected chi connectivity index (χ3v) is 9.19. The van der Waals surface area contributed by atoms with Gasteiger partial charge in [-0.25, -0.2) is 4.39 Å². The van der Waals surface area contributed by atoms with Crippen molar-refractivity contribution >= 4 is 49.9 Å². The van der Waals surface area contributed by atoms with Crippen molar-refractivity contribution in [2.45, 2.75) is 36.6 Å². The van der Waals surface area contributed by atoms with Gasteiger partial charge in [-0.1, -0.05) is 29.8 Å². The predicted molar refractivity (Wildman–Crippen MR) is 152 cm³/mol. The quantitative estimate of drug-likeness (QED) is 0.200. The van der Waals surface area contributed by atoms with Gasteiger partial charge in [-0.3, -0.25) is 0 Å². The van der Waals surface area contributed by atoms with Gasteiger partial charge in [0.2, 0.25) is 5.88 Å². The van der Waals surface area contributed by atoms with E-state index in [9.17, 15) is 26.0 Å². The summed E-state index contributed by atoms with van der Waals surface area (Å²) >= 11 is 8.21. The number of hydrogen-bond donors (Lipinski definition) is 0. The van der Waals surface area contributed by atoms with E-state index < -0.39 is 27.3 Å². The Bertz CT molecular complexity index is 1510. The number of nitrogens with zero attached hydrogens (tertiary/aromatic N) is 4. The van der Waals surface area contributed by atoms with Gasteiger partial charge in [-0.2, -0.15) is 43.3 Å². The molecule has 2 aliphatic heterocycles. The summed E-state index contributed by atoms with van der Waals surface area (Å²) in [7, 11) is -2.54. The van der Waals surface area contributed by atoms with Crippen molar-refractivity contribution in [3.05, 3.63) is 52.4 Å². The molecule has 0 spiro atoms. The number of thioether (sulfide) groups is 1. The number of rotatable bonds is 5. The molecule has 0 saturated carbocycles. The lowest BCUT2D eigenvalue weighted by Crippen LogP contribution is -2.33. The number of methoxy groups -OCH3 is 1. The minimum absolute atomic E-state index is 0.0442. The average Bonchev–Trinajstić information content (AvgIpc) is 2.94. The predicted octanol–water partition coefficient (Wildman–Crippen LogP) is 5.67. The Labute approximate surface area is 245 Å². The van der Waals surface area contributed by atoms with Crippen LogP contribution < -0.4 is 13.8 Å². The van der Waals surface area contributed by atoms with Crippen molar-refractivity contribution in [1.82, 2.24) is 14.9 Å². The molecule has 1 aromatic heterocycles. The van der Waals surface area contributed by atoms with Crippen LogP contribution in [0.3, 0.4) is 0 Å². The van der Waals surface area contributed by atoms with E-state index in [1.807, 2.05) is 11.8 Å². The van der Waals surface area contributed by atoms with Crippen LogP contribution in [0.5, 0.6) is 11.9 Å². The molecule has 0 amide bonds. The third kappa shape index (κ3) is 7.09. The Kier molecular flexibility index (Phi) is 9.77. The molecule has 1 saturated heterocycles. The first-order valence-corrected chi connectivity index (χ1v) is 15.7. The Morgan fingerprint density at radius 2 is 1.90 bits per heavy atom. The van der Waals surface area contributed by atoms with Crippen LogP contribution >= 0.6 is 23.4 Å². The average molecular weight is 637 g/mol. The van der Waals surface area contributed by atoms with E-state index in [1.54, 1.807) is 29.2 Å². The number of piperidine rings is 1. The first kappa shape index (κ1) is 31.4. The fourth-order valence-corrected chi connectivity index (χ4v) is 6.27. The molecule has 1 atom stereocenters. The lowest BCUT2D eigenvalue weighted by atomic mass is 10.0. The number of halogens is 5. The summed E-state index contributed by atoms with van der Waals surface area (Å²) in [6.07, 6.45) is 5.09. The van der Waals surface area contributed by atoms with Gasteiger partial charge >= 0.3 is 21.6 Å². The fraction of sp³-hybridized carbons (Fsp3) is 0.462. The molecule has 0 bridgehead atoms. The van der Waals surface area contributed by atoms with E-state index in [-0.39, 0.29) is 41.8 Å². The van der Waals surface area contributed by atoms with Crippen LogP contribution in [-0.2, 0) is 23.1 Å². The number of alkyl halides is 3. The standard InChI is InChI=1S/C19H14ClF4N3O4S.C7H15NS/c1-30-18-25-13-9-27(14-4-2-3-10-5-6-12(21)16(20)15(10)14)8-7-11(13)17(26-18)31-32(28,29)19(22,23)24;1-8-5-3-4-7(6-8)9-2/h2-6H,7-9H2,1H3;7H,3-6H2,1-2H3. The van der Waals surface area contributed by atoms with Crippen LogP contribution in [0.1, 0.15) is 24.1 Å². The van der Waals surface area contributed by atoms with E-state index in [2.05, 4.69) is 32.4 Å². The molecular weight excluding hydrogens is 608 g/mol. The normalized spacial score (nSPS) is 18.0. The van der Waals surface area contributed by atoms with Crippen LogP contribution in [0.15, 0.2) is 30.3 Å². The molecule has 1 unspecified atom stereocenters. The maximum Gasteiger partial charge on any atom is 0.534 e. The summed E-state index contributed by atoms with van der Waals surface area (Å²) in [5.41, 5.74) is -4.73.